The number of nitrogens with zero attached hydrogens (tertiary/aromatic N) is 1. The van der Waals surface area contributed by atoms with Crippen LogP contribution in [0.3, 0.4) is 0 Å². The van der Waals surface area contributed by atoms with Crippen LogP contribution in [-0.4, -0.2) is 18.2 Å². The topological polar surface area (TPSA) is 21.6 Å². The van der Waals surface area contributed by atoms with Crippen molar-refractivity contribution in [2.24, 2.45) is 4.99 Å². The van der Waals surface area contributed by atoms with Crippen LogP contribution in [-0.2, 0) is 0 Å². The molecule has 0 bridgehead atoms. The molecule has 9 heteroatoms. The Hall–Kier alpha value is -3.36. The fourth-order valence-electron chi connectivity index (χ4n) is 3.63. The Bertz CT molecular complexity index is 1170. The van der Waals surface area contributed by atoms with Gasteiger partial charge in [0, 0.05) is 5.71 Å². The average Bonchev–Trinajstić information content (AvgIpc) is 3.27. The second-order valence-electron chi connectivity index (χ2n) is 7.46. The summed E-state index contributed by atoms with van der Waals surface area (Å²) in [5.74, 6) is -3.67. The van der Waals surface area contributed by atoms with E-state index in [1.807, 2.05) is 0 Å². The molecule has 1 aliphatic rings. The van der Waals surface area contributed by atoms with Crippen LogP contribution < -0.4 is 4.74 Å². The van der Waals surface area contributed by atoms with Gasteiger partial charge in [0.05, 0.1) is 11.6 Å². The highest BCUT2D eigenvalue weighted by Crippen LogP contribution is 2.34. The van der Waals surface area contributed by atoms with Crippen molar-refractivity contribution >= 4 is 5.71 Å². The predicted octanol–water partition coefficient (Wildman–Crippen LogP) is 7.33. The molecule has 0 amide bonds. The molecule has 0 radical (unpaired) electrons. The number of hydrogen-bond donors (Lipinski definition) is 0. The van der Waals surface area contributed by atoms with Gasteiger partial charge in [0.25, 0.3) is 0 Å². The third-order valence-electron chi connectivity index (χ3n) is 5.29. The molecular weight excluding hydrogens is 451 g/mol. The summed E-state index contributed by atoms with van der Waals surface area (Å²) in [5, 5.41) is 0. The summed E-state index contributed by atoms with van der Waals surface area (Å²) in [6.07, 6.45) is -7.75. The maximum Gasteiger partial charge on any atom is 0.461 e. The Balaban J connectivity index is 1.50. The van der Waals surface area contributed by atoms with Gasteiger partial charge in [0.1, 0.15) is 11.6 Å². The lowest BCUT2D eigenvalue weighted by atomic mass is 9.99. The first-order chi connectivity index (χ1) is 15.7. The predicted molar refractivity (Wildman–Crippen MR) is 108 cm³/mol. The number of ether oxygens (including phenoxy) is 1. The Labute approximate surface area is 184 Å². The molecule has 1 atom stereocenters. The Kier molecular flexibility index (Phi) is 6.14. The van der Waals surface area contributed by atoms with E-state index in [4.69, 9.17) is 0 Å². The standard InChI is InChI=1S/C24H16F7NO/c25-17-9-10-18(26)22(27)21(17)20-12-11-19(32-20)15-3-1-13(2-4-15)14-5-7-16(8-6-14)33-24(30,31)23(28)29/h1-10,19,23H,11-12H2. The Morgan fingerprint density at radius 3 is 2.00 bits per heavy atom. The van der Waals surface area contributed by atoms with Crippen LogP contribution in [0.5, 0.6) is 5.75 Å². The molecule has 2 nitrogen and oxygen atoms in total. The van der Waals surface area contributed by atoms with Crippen LogP contribution >= 0.6 is 0 Å². The highest BCUT2D eigenvalue weighted by molar-refractivity contribution is 6.02. The van der Waals surface area contributed by atoms with Crippen LogP contribution in [0.25, 0.3) is 11.1 Å². The van der Waals surface area contributed by atoms with Gasteiger partial charge < -0.3 is 4.74 Å². The summed E-state index contributed by atoms with van der Waals surface area (Å²) < 4.78 is 96.1. The van der Waals surface area contributed by atoms with E-state index < -0.39 is 41.3 Å². The van der Waals surface area contributed by atoms with Crippen molar-refractivity contribution in [1.29, 1.82) is 0 Å². The molecule has 0 saturated carbocycles. The maximum atomic E-state index is 14.1. The van der Waals surface area contributed by atoms with E-state index in [2.05, 4.69) is 9.73 Å². The lowest BCUT2D eigenvalue weighted by molar-refractivity contribution is -0.253. The SMILES string of the molecule is Fc1ccc(F)c(C2=NC(c3ccc(-c4ccc(OC(F)(F)C(F)F)cc4)cc3)CC2)c1F. The van der Waals surface area contributed by atoms with E-state index in [9.17, 15) is 30.7 Å². The molecule has 1 unspecified atom stereocenters. The van der Waals surface area contributed by atoms with E-state index >= 15 is 0 Å². The van der Waals surface area contributed by atoms with Gasteiger partial charge in [-0.25, -0.2) is 13.2 Å². The van der Waals surface area contributed by atoms with Gasteiger partial charge in [-0.3, -0.25) is 4.99 Å². The number of halogens is 7. The van der Waals surface area contributed by atoms with E-state index in [1.54, 1.807) is 24.3 Å². The Morgan fingerprint density at radius 2 is 1.39 bits per heavy atom. The van der Waals surface area contributed by atoms with E-state index in [0.29, 0.717) is 12.0 Å². The van der Waals surface area contributed by atoms with Gasteiger partial charge >= 0.3 is 12.5 Å². The fourth-order valence-corrected chi connectivity index (χ4v) is 3.63. The third-order valence-corrected chi connectivity index (χ3v) is 5.29. The van der Waals surface area contributed by atoms with Gasteiger partial charge in [0.2, 0.25) is 0 Å². The first-order valence-corrected chi connectivity index (χ1v) is 9.91. The molecule has 0 aromatic heterocycles. The van der Waals surface area contributed by atoms with Crippen molar-refractivity contribution in [2.75, 3.05) is 0 Å². The molecule has 1 aliphatic heterocycles. The number of benzene rings is 3. The van der Waals surface area contributed by atoms with Crippen LogP contribution in [0.2, 0.25) is 0 Å². The van der Waals surface area contributed by atoms with Crippen molar-refractivity contribution < 1.29 is 35.5 Å². The second kappa shape index (κ2) is 8.88. The average molecular weight is 467 g/mol. The minimum Gasteiger partial charge on any atom is -0.428 e. The summed E-state index contributed by atoms with van der Waals surface area (Å²) in [6, 6.07) is 13.5. The molecule has 0 fully saturated rings. The largest absolute Gasteiger partial charge is 0.461 e. The van der Waals surface area contributed by atoms with Crippen molar-refractivity contribution in [3.8, 4) is 16.9 Å². The van der Waals surface area contributed by atoms with E-state index in [1.165, 1.54) is 12.1 Å². The molecular formula is C24H16F7NO. The molecule has 4 rings (SSSR count). The van der Waals surface area contributed by atoms with Crippen LogP contribution in [0.4, 0.5) is 30.7 Å². The minimum atomic E-state index is -4.58. The maximum absolute atomic E-state index is 14.1. The lowest BCUT2D eigenvalue weighted by Gasteiger charge is -2.17. The smallest absolute Gasteiger partial charge is 0.428 e. The molecule has 3 aromatic carbocycles. The molecule has 0 N–H and O–H groups in total. The molecule has 33 heavy (non-hydrogen) atoms. The number of aliphatic imine (C=N–C) groups is 1. The number of hydrogen-bond acceptors (Lipinski definition) is 2. The van der Waals surface area contributed by atoms with Crippen molar-refractivity contribution in [3.05, 3.63) is 89.2 Å². The minimum absolute atomic E-state index is 0.162. The van der Waals surface area contributed by atoms with E-state index in [0.717, 1.165) is 35.4 Å². The summed E-state index contributed by atoms with van der Waals surface area (Å²) in [4.78, 5) is 4.37. The van der Waals surface area contributed by atoms with E-state index in [-0.39, 0.29) is 18.2 Å². The van der Waals surface area contributed by atoms with Crippen LogP contribution in [0, 0.1) is 17.5 Å². The van der Waals surface area contributed by atoms with Crippen LogP contribution in [0.1, 0.15) is 30.0 Å². The normalized spacial score (nSPS) is 16.2. The fraction of sp³-hybridized carbons (Fsp3) is 0.208. The van der Waals surface area contributed by atoms with Crippen LogP contribution in [0.15, 0.2) is 65.7 Å². The molecule has 3 aromatic rings. The highest BCUT2D eigenvalue weighted by atomic mass is 19.3. The molecule has 1 heterocycles. The van der Waals surface area contributed by atoms with Crippen molar-refractivity contribution in [3.63, 3.8) is 0 Å². The zero-order valence-electron chi connectivity index (χ0n) is 16.8. The van der Waals surface area contributed by atoms with Crippen molar-refractivity contribution in [1.82, 2.24) is 0 Å². The number of alkyl halides is 4. The summed E-state index contributed by atoms with van der Waals surface area (Å²) in [6.45, 7) is 0. The third kappa shape index (κ3) is 4.72. The lowest BCUT2D eigenvalue weighted by Crippen LogP contribution is -2.33. The van der Waals surface area contributed by atoms with Gasteiger partial charge in [-0.15, -0.1) is 0 Å². The monoisotopic (exact) mass is 467 g/mol. The second-order valence-corrected chi connectivity index (χ2v) is 7.46. The Morgan fingerprint density at radius 1 is 0.818 bits per heavy atom. The van der Waals surface area contributed by atoms with Gasteiger partial charge in [-0.05, 0) is 53.8 Å². The quantitative estimate of drug-likeness (QED) is 0.275. The first kappa shape index (κ1) is 22.8. The first-order valence-electron chi connectivity index (χ1n) is 9.91. The molecule has 0 spiro atoms. The van der Waals surface area contributed by atoms with Crippen molar-refractivity contribution in [2.45, 2.75) is 31.4 Å². The zero-order chi connectivity index (χ0) is 23.8. The molecule has 172 valence electrons. The highest BCUT2D eigenvalue weighted by Gasteiger charge is 2.43. The van der Waals surface area contributed by atoms with Gasteiger partial charge in [-0.1, -0.05) is 36.4 Å². The summed E-state index contributed by atoms with van der Waals surface area (Å²) >= 11 is 0. The van der Waals surface area contributed by atoms with Gasteiger partial charge in [-0.2, -0.15) is 17.6 Å². The molecule has 0 aliphatic carbocycles. The summed E-state index contributed by atoms with van der Waals surface area (Å²) in [5.41, 5.74) is 1.84. The zero-order valence-corrected chi connectivity index (χ0v) is 16.8. The number of rotatable bonds is 6. The van der Waals surface area contributed by atoms with Gasteiger partial charge in [0.15, 0.2) is 11.6 Å². The summed E-state index contributed by atoms with van der Waals surface area (Å²) in [7, 11) is 0. The molecule has 0 saturated heterocycles.